The number of benzene rings is 3. The Morgan fingerprint density at radius 3 is 2.29 bits per heavy atom. The van der Waals surface area contributed by atoms with Crippen LogP contribution in [-0.4, -0.2) is 33.3 Å². The van der Waals surface area contributed by atoms with Crippen molar-refractivity contribution in [3.8, 4) is 11.5 Å². The molecule has 0 fully saturated rings. The Hall–Kier alpha value is -3.85. The van der Waals surface area contributed by atoms with Crippen molar-refractivity contribution in [2.45, 2.75) is 31.8 Å². The van der Waals surface area contributed by atoms with Crippen molar-refractivity contribution in [3.05, 3.63) is 77.9 Å². The molecule has 0 bridgehead atoms. The number of nitrogens with one attached hydrogen (secondary N) is 2. The molecule has 34 heavy (non-hydrogen) atoms. The number of aryl methyl sites for hydroxylation is 1. The third-order valence-corrected chi connectivity index (χ3v) is 6.55. The van der Waals surface area contributed by atoms with Crippen LogP contribution in [0.4, 0.5) is 11.4 Å². The second kappa shape index (κ2) is 10.4. The molecule has 2 N–H and O–H groups in total. The van der Waals surface area contributed by atoms with Gasteiger partial charge in [-0.3, -0.25) is 14.3 Å². The number of hydrogen-bond acceptors (Lipinski definition) is 6. The van der Waals surface area contributed by atoms with Crippen molar-refractivity contribution >= 4 is 33.1 Å². The number of para-hydroxylation sites is 2. The SMILES string of the molecule is COc1ccccc1NS(=O)(=O)c1cc(NC(=O)C(C)Oc2ccc(C(C)=O)cc2)ccc1C. The Kier molecular flexibility index (Phi) is 7.57. The van der Waals surface area contributed by atoms with Crippen LogP contribution in [0, 0.1) is 6.92 Å². The van der Waals surface area contributed by atoms with E-state index in [-0.39, 0.29) is 10.7 Å². The Labute approximate surface area is 199 Å². The zero-order chi connectivity index (χ0) is 24.9. The number of methoxy groups -OCH3 is 1. The molecular formula is C25H26N2O6S. The van der Waals surface area contributed by atoms with Crippen molar-refractivity contribution < 1.29 is 27.5 Å². The molecule has 0 saturated heterocycles. The number of sulfonamides is 1. The van der Waals surface area contributed by atoms with E-state index < -0.39 is 22.0 Å². The van der Waals surface area contributed by atoms with Gasteiger partial charge in [-0.2, -0.15) is 0 Å². The highest BCUT2D eigenvalue weighted by Crippen LogP contribution is 2.28. The van der Waals surface area contributed by atoms with Crippen LogP contribution in [0.2, 0.25) is 0 Å². The number of ketones is 1. The molecule has 3 aromatic carbocycles. The van der Waals surface area contributed by atoms with E-state index in [1.807, 2.05) is 0 Å². The summed E-state index contributed by atoms with van der Waals surface area (Å²) in [5.74, 6) is 0.291. The number of anilines is 2. The van der Waals surface area contributed by atoms with Crippen LogP contribution in [0.3, 0.4) is 0 Å². The summed E-state index contributed by atoms with van der Waals surface area (Å²) in [4.78, 5) is 24.0. The van der Waals surface area contributed by atoms with Crippen LogP contribution in [-0.2, 0) is 14.8 Å². The topological polar surface area (TPSA) is 111 Å². The summed E-state index contributed by atoms with van der Waals surface area (Å²) in [5.41, 5.74) is 1.66. The summed E-state index contributed by atoms with van der Waals surface area (Å²) in [6.45, 7) is 4.70. The summed E-state index contributed by atoms with van der Waals surface area (Å²) in [5, 5.41) is 2.68. The minimum absolute atomic E-state index is 0.0181. The molecule has 9 heteroatoms. The molecule has 0 aromatic heterocycles. The van der Waals surface area contributed by atoms with Gasteiger partial charge >= 0.3 is 0 Å². The fourth-order valence-electron chi connectivity index (χ4n) is 3.17. The van der Waals surface area contributed by atoms with E-state index in [2.05, 4.69) is 10.0 Å². The average Bonchev–Trinajstić information content (AvgIpc) is 2.80. The third kappa shape index (κ3) is 5.93. The maximum atomic E-state index is 13.1. The predicted molar refractivity (Wildman–Crippen MR) is 130 cm³/mol. The van der Waals surface area contributed by atoms with Crippen molar-refractivity contribution in [3.63, 3.8) is 0 Å². The molecule has 3 rings (SSSR count). The van der Waals surface area contributed by atoms with E-state index in [1.54, 1.807) is 74.5 Å². The first-order valence-electron chi connectivity index (χ1n) is 10.5. The molecular weight excluding hydrogens is 456 g/mol. The van der Waals surface area contributed by atoms with Gasteiger partial charge in [0.1, 0.15) is 11.5 Å². The van der Waals surface area contributed by atoms with Crippen molar-refractivity contribution in [1.82, 2.24) is 0 Å². The van der Waals surface area contributed by atoms with Crippen LogP contribution >= 0.6 is 0 Å². The van der Waals surface area contributed by atoms with Crippen molar-refractivity contribution in [2.24, 2.45) is 0 Å². The standard InChI is InChI=1S/C25H26N2O6S/c1-16-9-12-20(15-24(16)34(30,31)27-22-7-5-6-8-23(22)32-4)26-25(29)18(3)33-21-13-10-19(11-14-21)17(2)28/h5-15,18,27H,1-4H3,(H,26,29). The monoisotopic (exact) mass is 482 g/mol. The second-order valence-electron chi connectivity index (χ2n) is 7.62. The van der Waals surface area contributed by atoms with Gasteiger partial charge in [-0.05, 0) is 74.9 Å². The van der Waals surface area contributed by atoms with E-state index in [0.717, 1.165) is 0 Å². The van der Waals surface area contributed by atoms with E-state index in [1.165, 1.54) is 20.1 Å². The Bertz CT molecular complexity index is 1300. The van der Waals surface area contributed by atoms with Crippen LogP contribution in [0.15, 0.2) is 71.6 Å². The maximum absolute atomic E-state index is 13.1. The van der Waals surface area contributed by atoms with Crippen molar-refractivity contribution in [2.75, 3.05) is 17.1 Å². The molecule has 1 unspecified atom stereocenters. The van der Waals surface area contributed by atoms with Crippen LogP contribution in [0.1, 0.15) is 29.8 Å². The molecule has 0 aliphatic rings. The average molecular weight is 483 g/mol. The highest BCUT2D eigenvalue weighted by molar-refractivity contribution is 7.92. The first-order valence-corrected chi connectivity index (χ1v) is 11.9. The summed E-state index contributed by atoms with van der Waals surface area (Å²) in [6.07, 6.45) is -0.865. The molecule has 0 heterocycles. The number of carbonyl (C=O) groups excluding carboxylic acids is 2. The lowest BCUT2D eigenvalue weighted by Crippen LogP contribution is -2.30. The molecule has 3 aromatic rings. The zero-order valence-corrected chi connectivity index (χ0v) is 20.1. The maximum Gasteiger partial charge on any atom is 0.265 e. The van der Waals surface area contributed by atoms with Gasteiger partial charge in [0.2, 0.25) is 0 Å². The Morgan fingerprint density at radius 2 is 1.65 bits per heavy atom. The van der Waals surface area contributed by atoms with Gasteiger partial charge in [0.15, 0.2) is 11.9 Å². The molecule has 0 spiro atoms. The lowest BCUT2D eigenvalue weighted by Gasteiger charge is -2.17. The fourth-order valence-corrected chi connectivity index (χ4v) is 4.51. The van der Waals surface area contributed by atoms with Gasteiger partial charge in [-0.1, -0.05) is 18.2 Å². The first kappa shape index (κ1) is 24.8. The van der Waals surface area contributed by atoms with E-state index in [0.29, 0.717) is 34.0 Å². The quantitative estimate of drug-likeness (QED) is 0.437. The number of hydrogen-bond donors (Lipinski definition) is 2. The first-order chi connectivity index (χ1) is 16.1. The number of ether oxygens (including phenoxy) is 2. The molecule has 178 valence electrons. The summed E-state index contributed by atoms with van der Waals surface area (Å²) in [6, 6.07) is 17.7. The van der Waals surface area contributed by atoms with Crippen LogP contribution in [0.5, 0.6) is 11.5 Å². The molecule has 1 amide bonds. The number of carbonyl (C=O) groups is 2. The highest BCUT2D eigenvalue weighted by atomic mass is 32.2. The Morgan fingerprint density at radius 1 is 0.971 bits per heavy atom. The summed E-state index contributed by atoms with van der Waals surface area (Å²) in [7, 11) is -2.50. The fraction of sp³-hybridized carbons (Fsp3) is 0.200. The number of amides is 1. The van der Waals surface area contributed by atoms with Crippen molar-refractivity contribution in [1.29, 1.82) is 0 Å². The third-order valence-electron chi connectivity index (χ3n) is 5.04. The van der Waals surface area contributed by atoms with E-state index in [9.17, 15) is 18.0 Å². The lowest BCUT2D eigenvalue weighted by molar-refractivity contribution is -0.122. The van der Waals surface area contributed by atoms with Crippen LogP contribution in [0.25, 0.3) is 0 Å². The minimum atomic E-state index is -3.95. The molecule has 0 saturated carbocycles. The molecule has 0 aliphatic carbocycles. The minimum Gasteiger partial charge on any atom is -0.495 e. The highest BCUT2D eigenvalue weighted by Gasteiger charge is 2.21. The smallest absolute Gasteiger partial charge is 0.265 e. The summed E-state index contributed by atoms with van der Waals surface area (Å²) >= 11 is 0. The molecule has 8 nitrogen and oxygen atoms in total. The van der Waals surface area contributed by atoms with Gasteiger partial charge in [-0.25, -0.2) is 8.42 Å². The second-order valence-corrected chi connectivity index (χ2v) is 9.27. The molecule has 0 radical (unpaired) electrons. The number of rotatable bonds is 9. The van der Waals surface area contributed by atoms with Gasteiger partial charge < -0.3 is 14.8 Å². The Balaban J connectivity index is 1.74. The van der Waals surface area contributed by atoms with Gasteiger partial charge in [-0.15, -0.1) is 0 Å². The van der Waals surface area contributed by atoms with Gasteiger partial charge in [0, 0.05) is 11.3 Å². The molecule has 1 atom stereocenters. The molecule has 0 aliphatic heterocycles. The zero-order valence-electron chi connectivity index (χ0n) is 19.3. The van der Waals surface area contributed by atoms with E-state index >= 15 is 0 Å². The normalized spacial score (nSPS) is 11.9. The largest absolute Gasteiger partial charge is 0.495 e. The predicted octanol–water partition coefficient (Wildman–Crippen LogP) is 4.41. The van der Waals surface area contributed by atoms with E-state index in [4.69, 9.17) is 9.47 Å². The summed E-state index contributed by atoms with van der Waals surface area (Å²) < 4.78 is 39.5. The van der Waals surface area contributed by atoms with Gasteiger partial charge in [0.05, 0.1) is 17.7 Å². The number of Topliss-reactive ketones (excluding diaryl/α,β-unsaturated/α-hetero) is 1. The van der Waals surface area contributed by atoms with Gasteiger partial charge in [0.25, 0.3) is 15.9 Å². The lowest BCUT2D eigenvalue weighted by atomic mass is 10.1. The van der Waals surface area contributed by atoms with Crippen LogP contribution < -0.4 is 19.5 Å².